The van der Waals surface area contributed by atoms with E-state index in [1.165, 1.54) is 25.2 Å². The van der Waals surface area contributed by atoms with E-state index in [-0.39, 0.29) is 5.78 Å². The summed E-state index contributed by atoms with van der Waals surface area (Å²) >= 11 is 4.57. The Hall–Kier alpha value is -0.190. The first-order valence-corrected chi connectivity index (χ1v) is 5.10. The van der Waals surface area contributed by atoms with Crippen molar-refractivity contribution in [2.75, 3.05) is 0 Å². The molecular weight excluding hydrogens is 240 g/mol. The third kappa shape index (κ3) is 1.94. The summed E-state index contributed by atoms with van der Waals surface area (Å²) < 4.78 is 0.750. The van der Waals surface area contributed by atoms with E-state index < -0.39 is 5.60 Å². The molecule has 1 heterocycles. The van der Waals surface area contributed by atoms with Gasteiger partial charge in [0.15, 0.2) is 0 Å². The molecule has 4 heteroatoms. The van der Waals surface area contributed by atoms with Crippen LogP contribution in [0.25, 0.3) is 0 Å². The third-order valence-corrected chi connectivity index (χ3v) is 3.22. The number of thiophene rings is 1. The molecule has 0 unspecified atom stereocenters. The number of carbonyl (C=O) groups excluding carboxylic acids is 1. The van der Waals surface area contributed by atoms with E-state index in [4.69, 9.17) is 0 Å². The van der Waals surface area contributed by atoms with Crippen molar-refractivity contribution in [1.82, 2.24) is 0 Å². The van der Waals surface area contributed by atoms with Gasteiger partial charge in [-0.1, -0.05) is 0 Å². The first-order valence-electron chi connectivity index (χ1n) is 3.43. The molecule has 66 valence electrons. The van der Waals surface area contributed by atoms with Gasteiger partial charge in [0.25, 0.3) is 0 Å². The molecule has 1 aromatic heterocycles. The Morgan fingerprint density at radius 1 is 1.67 bits per heavy atom. The predicted molar refractivity (Wildman–Crippen MR) is 52.6 cm³/mol. The molecule has 0 saturated carbocycles. The summed E-state index contributed by atoms with van der Waals surface area (Å²) in [6.45, 7) is 2.98. The quantitative estimate of drug-likeness (QED) is 0.817. The molecule has 0 bridgehead atoms. The fourth-order valence-electron chi connectivity index (χ4n) is 0.734. The maximum atomic E-state index is 11.5. The average molecular weight is 249 g/mol. The summed E-state index contributed by atoms with van der Waals surface area (Å²) in [6.07, 6.45) is 0. The topological polar surface area (TPSA) is 37.3 Å². The fraction of sp³-hybridized carbons (Fsp3) is 0.375. The Labute approximate surface area is 83.4 Å². The Morgan fingerprint density at radius 3 is 2.58 bits per heavy atom. The van der Waals surface area contributed by atoms with Crippen molar-refractivity contribution in [2.24, 2.45) is 0 Å². The van der Waals surface area contributed by atoms with Crippen LogP contribution in [0.4, 0.5) is 0 Å². The molecule has 0 radical (unpaired) electrons. The first-order chi connectivity index (χ1) is 5.43. The van der Waals surface area contributed by atoms with Crippen LogP contribution in [0.2, 0.25) is 0 Å². The zero-order chi connectivity index (χ0) is 9.35. The molecule has 1 rings (SSSR count). The number of ketones is 1. The van der Waals surface area contributed by atoms with Gasteiger partial charge in [0.1, 0.15) is 5.60 Å². The molecule has 1 aromatic rings. The van der Waals surface area contributed by atoms with Gasteiger partial charge in [0.05, 0.1) is 4.88 Å². The van der Waals surface area contributed by atoms with Crippen LogP contribution in [-0.4, -0.2) is 16.5 Å². The van der Waals surface area contributed by atoms with Gasteiger partial charge in [-0.15, -0.1) is 11.3 Å². The van der Waals surface area contributed by atoms with Gasteiger partial charge in [0, 0.05) is 4.47 Å². The molecule has 0 aliphatic carbocycles. The molecule has 0 spiro atoms. The van der Waals surface area contributed by atoms with Crippen molar-refractivity contribution >= 4 is 33.0 Å². The molecule has 0 fully saturated rings. The molecule has 0 saturated heterocycles. The van der Waals surface area contributed by atoms with Crippen molar-refractivity contribution in [2.45, 2.75) is 19.4 Å². The largest absolute Gasteiger partial charge is 0.382 e. The van der Waals surface area contributed by atoms with Crippen LogP contribution in [0.1, 0.15) is 23.5 Å². The molecule has 2 nitrogen and oxygen atoms in total. The van der Waals surface area contributed by atoms with Crippen LogP contribution >= 0.6 is 27.3 Å². The van der Waals surface area contributed by atoms with Gasteiger partial charge in [-0.05, 0) is 41.2 Å². The van der Waals surface area contributed by atoms with Crippen LogP contribution in [0, 0.1) is 0 Å². The normalized spacial score (nSPS) is 11.7. The molecule has 0 aliphatic heterocycles. The second kappa shape index (κ2) is 3.28. The molecule has 0 amide bonds. The number of carbonyl (C=O) groups is 1. The van der Waals surface area contributed by atoms with E-state index in [1.807, 2.05) is 5.38 Å². The molecule has 1 N–H and O–H groups in total. The maximum absolute atomic E-state index is 11.5. The maximum Gasteiger partial charge on any atom is 0.204 e. The number of rotatable bonds is 2. The Morgan fingerprint density at radius 2 is 2.25 bits per heavy atom. The molecule has 0 aliphatic rings. The van der Waals surface area contributed by atoms with E-state index in [0.29, 0.717) is 4.88 Å². The highest BCUT2D eigenvalue weighted by Crippen LogP contribution is 2.26. The molecule has 12 heavy (non-hydrogen) atoms. The van der Waals surface area contributed by atoms with Crippen molar-refractivity contribution in [3.63, 3.8) is 0 Å². The lowest BCUT2D eigenvalue weighted by Gasteiger charge is -2.13. The van der Waals surface area contributed by atoms with Gasteiger partial charge < -0.3 is 5.11 Å². The fourth-order valence-corrected chi connectivity index (χ4v) is 2.38. The first kappa shape index (κ1) is 9.89. The SMILES string of the molecule is CC(C)(O)C(=O)c1sccc1Br. The van der Waals surface area contributed by atoms with Crippen LogP contribution in [0.5, 0.6) is 0 Å². The minimum Gasteiger partial charge on any atom is -0.382 e. The monoisotopic (exact) mass is 248 g/mol. The minimum atomic E-state index is -1.28. The van der Waals surface area contributed by atoms with E-state index in [0.717, 1.165) is 4.47 Å². The lowest BCUT2D eigenvalue weighted by atomic mass is 10.0. The van der Waals surface area contributed by atoms with E-state index in [1.54, 1.807) is 6.07 Å². The van der Waals surface area contributed by atoms with E-state index in [2.05, 4.69) is 15.9 Å². The smallest absolute Gasteiger partial charge is 0.204 e. The Balaban J connectivity index is 3.01. The van der Waals surface area contributed by atoms with Crippen molar-refractivity contribution in [3.05, 3.63) is 20.8 Å². The Kier molecular flexibility index (Phi) is 2.70. The summed E-state index contributed by atoms with van der Waals surface area (Å²) in [7, 11) is 0. The van der Waals surface area contributed by atoms with E-state index in [9.17, 15) is 9.90 Å². The lowest BCUT2D eigenvalue weighted by molar-refractivity contribution is 0.0492. The average Bonchev–Trinajstić information content (AvgIpc) is 2.31. The second-order valence-corrected chi connectivity index (χ2v) is 4.76. The number of hydrogen-bond donors (Lipinski definition) is 1. The lowest BCUT2D eigenvalue weighted by Crippen LogP contribution is -2.30. The summed E-state index contributed by atoms with van der Waals surface area (Å²) in [4.78, 5) is 12.1. The summed E-state index contributed by atoms with van der Waals surface area (Å²) in [5, 5.41) is 11.2. The summed E-state index contributed by atoms with van der Waals surface area (Å²) in [5.74, 6) is -0.246. The van der Waals surface area contributed by atoms with Crippen molar-refractivity contribution < 1.29 is 9.90 Å². The second-order valence-electron chi connectivity index (χ2n) is 2.99. The van der Waals surface area contributed by atoms with Gasteiger partial charge in [-0.3, -0.25) is 4.79 Å². The molecule has 0 atom stereocenters. The van der Waals surface area contributed by atoms with Gasteiger partial charge >= 0.3 is 0 Å². The number of Topliss-reactive ketones (excluding diaryl/α,β-unsaturated/α-hetero) is 1. The molecular formula is C8H9BrO2S. The summed E-state index contributed by atoms with van der Waals surface area (Å²) in [6, 6.07) is 1.80. The number of aliphatic hydroxyl groups is 1. The van der Waals surface area contributed by atoms with Gasteiger partial charge in [-0.25, -0.2) is 0 Å². The minimum absolute atomic E-state index is 0.246. The number of hydrogen-bond acceptors (Lipinski definition) is 3. The van der Waals surface area contributed by atoms with Crippen LogP contribution < -0.4 is 0 Å². The van der Waals surface area contributed by atoms with Crippen LogP contribution in [-0.2, 0) is 0 Å². The van der Waals surface area contributed by atoms with Crippen molar-refractivity contribution in [3.8, 4) is 0 Å². The van der Waals surface area contributed by atoms with Gasteiger partial charge in [-0.2, -0.15) is 0 Å². The highest BCUT2D eigenvalue weighted by Gasteiger charge is 2.27. The van der Waals surface area contributed by atoms with Crippen LogP contribution in [0.3, 0.4) is 0 Å². The predicted octanol–water partition coefficient (Wildman–Crippen LogP) is 2.46. The zero-order valence-electron chi connectivity index (χ0n) is 6.80. The standard InChI is InChI=1S/C8H9BrO2S/c1-8(2,11)7(10)6-5(9)3-4-12-6/h3-4,11H,1-2H3. The zero-order valence-corrected chi connectivity index (χ0v) is 9.20. The van der Waals surface area contributed by atoms with E-state index >= 15 is 0 Å². The van der Waals surface area contributed by atoms with Crippen LogP contribution in [0.15, 0.2) is 15.9 Å². The van der Waals surface area contributed by atoms with Gasteiger partial charge in [0.2, 0.25) is 5.78 Å². The third-order valence-electron chi connectivity index (χ3n) is 1.38. The molecule has 0 aromatic carbocycles. The Bertz CT molecular complexity index is 298. The van der Waals surface area contributed by atoms with Crippen molar-refractivity contribution in [1.29, 1.82) is 0 Å². The highest BCUT2D eigenvalue weighted by molar-refractivity contribution is 9.10. The number of halogens is 1. The summed E-state index contributed by atoms with van der Waals surface area (Å²) in [5.41, 5.74) is -1.28. The highest BCUT2D eigenvalue weighted by atomic mass is 79.9.